The summed E-state index contributed by atoms with van der Waals surface area (Å²) in [7, 11) is -3.58. The highest BCUT2D eigenvalue weighted by Crippen LogP contribution is 2.42. The van der Waals surface area contributed by atoms with Crippen LogP contribution in [0.1, 0.15) is 37.8 Å². The Bertz CT molecular complexity index is 1090. The van der Waals surface area contributed by atoms with Crippen molar-refractivity contribution in [3.63, 3.8) is 0 Å². The second-order valence-corrected chi connectivity index (χ2v) is 9.03. The predicted molar refractivity (Wildman–Crippen MR) is 102 cm³/mol. The maximum atomic E-state index is 12.2. The number of fused-ring (bicyclic) bond motifs is 3. The van der Waals surface area contributed by atoms with Gasteiger partial charge >= 0.3 is 0 Å². The molecule has 1 N–H and O–H groups in total. The van der Waals surface area contributed by atoms with Crippen LogP contribution in [0.5, 0.6) is 0 Å². The topological polar surface area (TPSA) is 92.5 Å². The van der Waals surface area contributed by atoms with Crippen molar-refractivity contribution in [1.29, 1.82) is 0 Å². The fourth-order valence-electron chi connectivity index (χ4n) is 4.05. The van der Waals surface area contributed by atoms with E-state index in [0.717, 1.165) is 35.3 Å². The molecule has 3 aromatic heterocycles. The molecule has 0 saturated heterocycles. The summed E-state index contributed by atoms with van der Waals surface area (Å²) in [5.41, 5.74) is 3.71. The number of aromatic nitrogens is 4. The van der Waals surface area contributed by atoms with Gasteiger partial charge in [-0.05, 0) is 37.2 Å². The summed E-state index contributed by atoms with van der Waals surface area (Å²) in [6.07, 6.45) is 8.70. The van der Waals surface area contributed by atoms with Crippen molar-refractivity contribution in [2.24, 2.45) is 16.2 Å². The number of aromatic amines is 1. The smallest absolute Gasteiger partial charge is 0.252 e. The van der Waals surface area contributed by atoms with Crippen molar-refractivity contribution in [3.8, 4) is 0 Å². The van der Waals surface area contributed by atoms with Gasteiger partial charge in [0, 0.05) is 30.2 Å². The van der Waals surface area contributed by atoms with Gasteiger partial charge < -0.3 is 4.98 Å². The Balaban J connectivity index is 1.59. The minimum Gasteiger partial charge on any atom is -0.345 e. The van der Waals surface area contributed by atoms with E-state index in [-0.39, 0.29) is 24.0 Å². The van der Waals surface area contributed by atoms with Crippen molar-refractivity contribution in [2.45, 2.75) is 32.1 Å². The lowest BCUT2D eigenvalue weighted by molar-refractivity contribution is 0.484. The van der Waals surface area contributed by atoms with Crippen LogP contribution in [-0.2, 0) is 10.0 Å². The molecule has 1 fully saturated rings. The van der Waals surface area contributed by atoms with Gasteiger partial charge in [-0.2, -0.15) is 4.40 Å². The van der Waals surface area contributed by atoms with E-state index in [1.165, 1.54) is 0 Å². The molecule has 1 aliphatic carbocycles. The zero-order valence-corrected chi connectivity index (χ0v) is 15.9. The molecule has 0 amide bonds. The number of nitrogens with one attached hydrogen (secondary N) is 1. The first-order valence-electron chi connectivity index (χ1n) is 9.12. The zero-order valence-electron chi connectivity index (χ0n) is 15.0. The standard InChI is InChI=1S/C18H22FN5O2S/c1-12-7-13(9-23-27(25,26)6-2-4-19)8-14(12)16-10-21-17-11-22-18-15(24(16)17)3-5-20-18/h3,5,9-14,20H,2,4,6-8H2,1H3/t12-,13?,14+/m1/s1. The molecule has 0 aromatic carbocycles. The SMILES string of the molecule is C[C@@H]1CC(C=NS(=O)(=O)CCCF)C[C@@H]1c1cnc2cnc3[nH]ccc3n12. The van der Waals surface area contributed by atoms with Gasteiger partial charge in [0.05, 0.1) is 24.1 Å². The third-order valence-corrected chi connectivity index (χ3v) is 6.58. The fourth-order valence-corrected chi connectivity index (χ4v) is 4.99. The van der Waals surface area contributed by atoms with E-state index >= 15 is 0 Å². The predicted octanol–water partition coefficient (Wildman–Crippen LogP) is 3.10. The highest BCUT2D eigenvalue weighted by molar-refractivity contribution is 7.90. The third kappa shape index (κ3) is 3.47. The van der Waals surface area contributed by atoms with Crippen molar-refractivity contribution in [1.82, 2.24) is 19.4 Å². The largest absolute Gasteiger partial charge is 0.345 e. The Labute approximate surface area is 156 Å². The first-order chi connectivity index (χ1) is 13.0. The number of sulfonamides is 1. The van der Waals surface area contributed by atoms with Gasteiger partial charge in [-0.3, -0.25) is 8.79 Å². The number of rotatable bonds is 6. The molecule has 4 rings (SSSR count). The Morgan fingerprint density at radius 3 is 3.04 bits per heavy atom. The Kier molecular flexibility index (Phi) is 4.71. The van der Waals surface area contributed by atoms with Crippen molar-refractivity contribution >= 4 is 33.0 Å². The highest BCUT2D eigenvalue weighted by atomic mass is 32.2. The molecule has 1 aliphatic rings. The highest BCUT2D eigenvalue weighted by Gasteiger charge is 2.34. The van der Waals surface area contributed by atoms with E-state index in [1.807, 2.05) is 18.5 Å². The number of halogens is 1. The van der Waals surface area contributed by atoms with E-state index < -0.39 is 16.7 Å². The maximum Gasteiger partial charge on any atom is 0.252 e. The summed E-state index contributed by atoms with van der Waals surface area (Å²) in [6, 6.07) is 1.98. The molecule has 0 radical (unpaired) electrons. The van der Waals surface area contributed by atoms with Crippen LogP contribution >= 0.6 is 0 Å². The van der Waals surface area contributed by atoms with Crippen LogP contribution in [0.3, 0.4) is 0 Å². The number of H-pyrrole nitrogens is 1. The number of alkyl halides is 1. The molecule has 3 aromatic rings. The molecule has 9 heteroatoms. The summed E-state index contributed by atoms with van der Waals surface area (Å²) in [5.74, 6) is 0.471. The zero-order chi connectivity index (χ0) is 19.0. The normalized spacial score (nSPS) is 23.9. The molecule has 0 aliphatic heterocycles. The number of hydrogen-bond acceptors (Lipinski definition) is 4. The van der Waals surface area contributed by atoms with Crippen LogP contribution in [-0.4, -0.2) is 46.4 Å². The van der Waals surface area contributed by atoms with Crippen molar-refractivity contribution in [3.05, 3.63) is 30.4 Å². The van der Waals surface area contributed by atoms with Crippen LogP contribution in [0.15, 0.2) is 29.1 Å². The molecule has 0 bridgehead atoms. The monoisotopic (exact) mass is 391 g/mol. The third-order valence-electron chi connectivity index (χ3n) is 5.34. The second-order valence-electron chi connectivity index (χ2n) is 7.24. The molecule has 27 heavy (non-hydrogen) atoms. The summed E-state index contributed by atoms with van der Waals surface area (Å²) in [5, 5.41) is 0. The lowest BCUT2D eigenvalue weighted by Gasteiger charge is -2.15. The van der Waals surface area contributed by atoms with Gasteiger partial charge in [0.25, 0.3) is 10.0 Å². The molecular formula is C18H22FN5O2S. The van der Waals surface area contributed by atoms with E-state index in [1.54, 1.807) is 12.4 Å². The molecular weight excluding hydrogens is 369 g/mol. The molecule has 3 atom stereocenters. The summed E-state index contributed by atoms with van der Waals surface area (Å²) >= 11 is 0. The Morgan fingerprint density at radius 1 is 1.37 bits per heavy atom. The van der Waals surface area contributed by atoms with Crippen LogP contribution in [0.25, 0.3) is 16.8 Å². The van der Waals surface area contributed by atoms with E-state index in [9.17, 15) is 12.8 Å². The Morgan fingerprint density at radius 2 is 2.22 bits per heavy atom. The van der Waals surface area contributed by atoms with Gasteiger partial charge in [0.15, 0.2) is 11.3 Å². The second kappa shape index (κ2) is 7.03. The molecule has 7 nitrogen and oxygen atoms in total. The lowest BCUT2D eigenvalue weighted by Crippen LogP contribution is -2.07. The first-order valence-corrected chi connectivity index (χ1v) is 10.7. The van der Waals surface area contributed by atoms with Crippen LogP contribution in [0, 0.1) is 11.8 Å². The Hall–Kier alpha value is -2.29. The van der Waals surface area contributed by atoms with E-state index in [2.05, 4.69) is 30.7 Å². The number of nitrogens with zero attached hydrogens (tertiary/aromatic N) is 4. The van der Waals surface area contributed by atoms with Gasteiger partial charge in [-0.15, -0.1) is 0 Å². The van der Waals surface area contributed by atoms with Crippen LogP contribution in [0.2, 0.25) is 0 Å². The quantitative estimate of drug-likeness (QED) is 0.654. The van der Waals surface area contributed by atoms with Crippen LogP contribution < -0.4 is 0 Å². The minimum atomic E-state index is -3.58. The molecule has 0 spiro atoms. The van der Waals surface area contributed by atoms with Crippen molar-refractivity contribution < 1.29 is 12.8 Å². The summed E-state index contributed by atoms with van der Waals surface area (Å²) < 4.78 is 41.8. The molecule has 3 heterocycles. The van der Waals surface area contributed by atoms with Gasteiger partial charge in [0.1, 0.15) is 0 Å². The van der Waals surface area contributed by atoms with E-state index in [4.69, 9.17) is 0 Å². The molecule has 1 saturated carbocycles. The summed E-state index contributed by atoms with van der Waals surface area (Å²) in [4.78, 5) is 12.0. The van der Waals surface area contributed by atoms with Gasteiger partial charge in [-0.25, -0.2) is 18.4 Å². The van der Waals surface area contributed by atoms with Gasteiger partial charge in [-0.1, -0.05) is 6.92 Å². The minimum absolute atomic E-state index is 0.00805. The number of hydrogen-bond donors (Lipinski definition) is 1. The molecule has 144 valence electrons. The first kappa shape index (κ1) is 18.1. The number of imidazole rings is 1. The fraction of sp³-hybridized carbons (Fsp3) is 0.500. The van der Waals surface area contributed by atoms with E-state index in [0.29, 0.717) is 5.92 Å². The van der Waals surface area contributed by atoms with Crippen molar-refractivity contribution in [2.75, 3.05) is 12.4 Å². The van der Waals surface area contributed by atoms with Crippen LogP contribution in [0.4, 0.5) is 4.39 Å². The molecule has 1 unspecified atom stereocenters. The lowest BCUT2D eigenvalue weighted by atomic mass is 9.95. The average molecular weight is 391 g/mol. The summed E-state index contributed by atoms with van der Waals surface area (Å²) in [6.45, 7) is 1.53. The van der Waals surface area contributed by atoms with Gasteiger partial charge in [0.2, 0.25) is 0 Å². The maximum absolute atomic E-state index is 12.2. The average Bonchev–Trinajstić information content (AvgIpc) is 3.35.